The maximum absolute atomic E-state index is 13.2. The van der Waals surface area contributed by atoms with Crippen molar-refractivity contribution in [3.63, 3.8) is 0 Å². The van der Waals surface area contributed by atoms with Crippen LogP contribution in [0.3, 0.4) is 0 Å². The molecule has 3 rings (SSSR count). The van der Waals surface area contributed by atoms with E-state index in [9.17, 15) is 14.0 Å². The van der Waals surface area contributed by atoms with Gasteiger partial charge in [-0.3, -0.25) is 9.59 Å². The second kappa shape index (κ2) is 8.63. The number of carbonyl (C=O) groups excluding carboxylic acids is 2. The van der Waals surface area contributed by atoms with Gasteiger partial charge in [-0.05, 0) is 49.4 Å². The summed E-state index contributed by atoms with van der Waals surface area (Å²) < 4.78 is 14.5. The summed E-state index contributed by atoms with van der Waals surface area (Å²) >= 11 is 12.3. The normalized spacial score (nSPS) is 10.7. The molecule has 1 heterocycles. The van der Waals surface area contributed by atoms with Gasteiger partial charge in [-0.15, -0.1) is 0 Å². The summed E-state index contributed by atoms with van der Waals surface area (Å²) in [7, 11) is 1.49. The van der Waals surface area contributed by atoms with E-state index in [0.29, 0.717) is 22.1 Å². The van der Waals surface area contributed by atoms with Crippen LogP contribution in [0.15, 0.2) is 48.5 Å². The number of carbonyl (C=O) groups is 2. The van der Waals surface area contributed by atoms with E-state index < -0.39 is 11.7 Å². The number of aromatic nitrogens is 2. The highest BCUT2D eigenvalue weighted by Crippen LogP contribution is 2.25. The lowest BCUT2D eigenvalue weighted by molar-refractivity contribution is -0.116. The molecular formula is C20H17Cl2FN4O2. The van der Waals surface area contributed by atoms with Crippen LogP contribution in [0.1, 0.15) is 16.1 Å². The van der Waals surface area contributed by atoms with Crippen molar-refractivity contribution in [3.8, 4) is 5.69 Å². The second-order valence-corrected chi connectivity index (χ2v) is 7.15. The van der Waals surface area contributed by atoms with E-state index >= 15 is 0 Å². The molecule has 0 bridgehead atoms. The standard InChI is InChI=1S/C20H17Cl2FN4O2/c1-12-18(19(22)27(25-12)16-8-6-14(23)7-9-16)20(29)26(2)11-17(28)24-15-5-3-4-13(21)10-15/h3-10H,11H2,1-2H3,(H,24,28). The average Bonchev–Trinajstić information content (AvgIpc) is 2.96. The third-order valence-corrected chi connectivity index (χ3v) is 4.71. The Hall–Kier alpha value is -2.90. The number of likely N-dealkylation sites (N-methyl/N-ethyl adjacent to an activating group) is 1. The van der Waals surface area contributed by atoms with E-state index in [0.717, 1.165) is 0 Å². The first kappa shape index (κ1) is 20.8. The van der Waals surface area contributed by atoms with Gasteiger partial charge in [0.05, 0.1) is 23.5 Å². The molecule has 0 aliphatic rings. The Balaban J connectivity index is 1.75. The number of rotatable bonds is 5. The molecule has 0 spiro atoms. The van der Waals surface area contributed by atoms with Crippen molar-refractivity contribution >= 4 is 40.7 Å². The molecule has 150 valence electrons. The first-order valence-electron chi connectivity index (χ1n) is 8.58. The first-order chi connectivity index (χ1) is 13.8. The summed E-state index contributed by atoms with van der Waals surface area (Å²) in [6, 6.07) is 12.3. The Bertz CT molecular complexity index is 1070. The van der Waals surface area contributed by atoms with E-state index in [1.54, 1.807) is 31.2 Å². The minimum Gasteiger partial charge on any atom is -0.332 e. The molecule has 0 unspecified atom stereocenters. The van der Waals surface area contributed by atoms with E-state index in [4.69, 9.17) is 23.2 Å². The van der Waals surface area contributed by atoms with Gasteiger partial charge in [-0.2, -0.15) is 5.10 Å². The number of aryl methyl sites for hydroxylation is 1. The number of hydrogen-bond donors (Lipinski definition) is 1. The molecule has 2 amide bonds. The van der Waals surface area contributed by atoms with Gasteiger partial charge in [0.1, 0.15) is 11.0 Å². The maximum Gasteiger partial charge on any atom is 0.259 e. The molecule has 0 radical (unpaired) electrons. The molecule has 0 saturated carbocycles. The topological polar surface area (TPSA) is 67.2 Å². The predicted molar refractivity (Wildman–Crippen MR) is 110 cm³/mol. The molecule has 9 heteroatoms. The van der Waals surface area contributed by atoms with Crippen LogP contribution in [0.2, 0.25) is 10.2 Å². The molecule has 3 aromatic rings. The van der Waals surface area contributed by atoms with Gasteiger partial charge in [0.2, 0.25) is 5.91 Å². The van der Waals surface area contributed by atoms with Crippen LogP contribution in [-0.2, 0) is 4.79 Å². The van der Waals surface area contributed by atoms with Crippen LogP contribution in [0.4, 0.5) is 10.1 Å². The fraction of sp³-hybridized carbons (Fsp3) is 0.150. The number of anilines is 1. The van der Waals surface area contributed by atoms with Gasteiger partial charge in [0.15, 0.2) is 0 Å². The highest BCUT2D eigenvalue weighted by molar-refractivity contribution is 6.33. The highest BCUT2D eigenvalue weighted by Gasteiger charge is 2.25. The third kappa shape index (κ3) is 4.75. The number of amides is 2. The Morgan fingerprint density at radius 1 is 1.17 bits per heavy atom. The fourth-order valence-electron chi connectivity index (χ4n) is 2.74. The third-order valence-electron chi connectivity index (χ3n) is 4.12. The van der Waals surface area contributed by atoms with Crippen LogP contribution >= 0.6 is 23.2 Å². The smallest absolute Gasteiger partial charge is 0.259 e. The maximum atomic E-state index is 13.2. The van der Waals surface area contributed by atoms with Gasteiger partial charge >= 0.3 is 0 Å². The van der Waals surface area contributed by atoms with E-state index in [2.05, 4.69) is 10.4 Å². The average molecular weight is 435 g/mol. The van der Waals surface area contributed by atoms with Gasteiger partial charge in [-0.1, -0.05) is 29.3 Å². The van der Waals surface area contributed by atoms with Gasteiger partial charge < -0.3 is 10.2 Å². The van der Waals surface area contributed by atoms with Crippen LogP contribution in [-0.4, -0.2) is 40.1 Å². The molecule has 1 N–H and O–H groups in total. The summed E-state index contributed by atoms with van der Waals surface area (Å²) in [6.07, 6.45) is 0. The molecule has 0 aliphatic heterocycles. The molecule has 0 aliphatic carbocycles. The van der Waals surface area contributed by atoms with E-state index in [1.165, 1.54) is 40.9 Å². The quantitative estimate of drug-likeness (QED) is 0.649. The lowest BCUT2D eigenvalue weighted by Crippen LogP contribution is -2.35. The minimum absolute atomic E-state index is 0.0845. The molecule has 0 saturated heterocycles. The van der Waals surface area contributed by atoms with Crippen LogP contribution < -0.4 is 5.32 Å². The van der Waals surface area contributed by atoms with Crippen LogP contribution in [0, 0.1) is 12.7 Å². The summed E-state index contributed by atoms with van der Waals surface area (Å²) in [6.45, 7) is 1.45. The second-order valence-electron chi connectivity index (χ2n) is 6.36. The van der Waals surface area contributed by atoms with Crippen molar-refractivity contribution in [3.05, 3.63) is 75.8 Å². The lowest BCUT2D eigenvalue weighted by atomic mass is 10.2. The van der Waals surface area contributed by atoms with Crippen molar-refractivity contribution in [2.45, 2.75) is 6.92 Å². The number of nitrogens with one attached hydrogen (secondary N) is 1. The Kier molecular flexibility index (Phi) is 6.20. The highest BCUT2D eigenvalue weighted by atomic mass is 35.5. The zero-order chi connectivity index (χ0) is 21.1. The number of benzene rings is 2. The molecule has 0 atom stereocenters. The number of hydrogen-bond acceptors (Lipinski definition) is 3. The zero-order valence-electron chi connectivity index (χ0n) is 15.6. The number of nitrogens with zero attached hydrogens (tertiary/aromatic N) is 3. The molecular weight excluding hydrogens is 418 g/mol. The van der Waals surface area contributed by atoms with Gasteiger partial charge in [0.25, 0.3) is 5.91 Å². The largest absolute Gasteiger partial charge is 0.332 e. The SMILES string of the molecule is Cc1nn(-c2ccc(F)cc2)c(Cl)c1C(=O)N(C)CC(=O)Nc1cccc(Cl)c1. The molecule has 29 heavy (non-hydrogen) atoms. The monoisotopic (exact) mass is 434 g/mol. The van der Waals surface area contributed by atoms with Crippen molar-refractivity contribution in [2.75, 3.05) is 18.9 Å². The minimum atomic E-state index is -0.456. The Labute approximate surface area is 176 Å². The van der Waals surface area contributed by atoms with Crippen molar-refractivity contribution in [2.24, 2.45) is 0 Å². The predicted octanol–water partition coefficient (Wildman–Crippen LogP) is 4.34. The Morgan fingerprint density at radius 2 is 1.86 bits per heavy atom. The molecule has 6 nitrogen and oxygen atoms in total. The van der Waals surface area contributed by atoms with Crippen molar-refractivity contribution in [1.82, 2.24) is 14.7 Å². The first-order valence-corrected chi connectivity index (χ1v) is 9.34. The summed E-state index contributed by atoms with van der Waals surface area (Å²) in [4.78, 5) is 26.4. The summed E-state index contributed by atoms with van der Waals surface area (Å²) in [5.74, 6) is -1.24. The van der Waals surface area contributed by atoms with E-state index in [1.807, 2.05) is 0 Å². The summed E-state index contributed by atoms with van der Waals surface area (Å²) in [5, 5.41) is 7.52. The lowest BCUT2D eigenvalue weighted by Gasteiger charge is -2.17. The fourth-order valence-corrected chi connectivity index (χ4v) is 3.28. The zero-order valence-corrected chi connectivity index (χ0v) is 17.1. The van der Waals surface area contributed by atoms with E-state index in [-0.39, 0.29) is 23.2 Å². The van der Waals surface area contributed by atoms with Crippen LogP contribution in [0.25, 0.3) is 5.69 Å². The molecule has 2 aromatic carbocycles. The van der Waals surface area contributed by atoms with Crippen LogP contribution in [0.5, 0.6) is 0 Å². The summed E-state index contributed by atoms with van der Waals surface area (Å²) in [5.41, 5.74) is 1.61. The van der Waals surface area contributed by atoms with Crippen molar-refractivity contribution in [1.29, 1.82) is 0 Å². The van der Waals surface area contributed by atoms with Gasteiger partial charge in [0, 0.05) is 17.8 Å². The Morgan fingerprint density at radius 3 is 2.52 bits per heavy atom. The molecule has 1 aromatic heterocycles. The van der Waals surface area contributed by atoms with Crippen molar-refractivity contribution < 1.29 is 14.0 Å². The molecule has 0 fully saturated rings. The van der Waals surface area contributed by atoms with Gasteiger partial charge in [-0.25, -0.2) is 9.07 Å². The number of halogens is 3.